The minimum atomic E-state index is -1.95. The minimum absolute atomic E-state index is 0.00414. The second kappa shape index (κ2) is 13.6. The number of halogens is 2. The Balaban J connectivity index is 1.88. The Morgan fingerprint density at radius 3 is 1.80 bits per heavy atom. The molecule has 0 saturated heterocycles. The monoisotopic (exact) mass is 657 g/mol. The Morgan fingerprint density at radius 2 is 1.33 bits per heavy atom. The summed E-state index contributed by atoms with van der Waals surface area (Å²) in [6, 6.07) is 29.1. The van der Waals surface area contributed by atoms with Crippen molar-refractivity contribution in [1.29, 1.82) is 5.26 Å². The number of esters is 1. The van der Waals surface area contributed by atoms with Crippen LogP contribution in [0.25, 0.3) is 0 Å². The molecule has 5 rings (SSSR count). The van der Waals surface area contributed by atoms with E-state index in [1.54, 1.807) is 111 Å². The van der Waals surface area contributed by atoms with Crippen molar-refractivity contribution >= 4 is 35.0 Å². The average Bonchev–Trinajstić information content (AvgIpc) is 3.08. The molecule has 0 spiro atoms. The highest BCUT2D eigenvalue weighted by atomic mass is 35.5. The van der Waals surface area contributed by atoms with Crippen LogP contribution in [0.5, 0.6) is 11.5 Å². The van der Waals surface area contributed by atoms with E-state index >= 15 is 0 Å². The minimum Gasteiger partial charge on any atom is -0.497 e. The first-order valence-electron chi connectivity index (χ1n) is 14.8. The number of ketones is 1. The lowest BCUT2D eigenvalue weighted by Crippen LogP contribution is -2.59. The third kappa shape index (κ3) is 5.85. The summed E-state index contributed by atoms with van der Waals surface area (Å²) in [5, 5.41) is 25.2. The van der Waals surface area contributed by atoms with Gasteiger partial charge in [0.15, 0.2) is 11.2 Å². The first-order valence-corrected chi connectivity index (χ1v) is 15.5. The van der Waals surface area contributed by atoms with E-state index in [-0.39, 0.29) is 18.6 Å². The summed E-state index contributed by atoms with van der Waals surface area (Å²) < 4.78 is 16.4. The molecule has 1 saturated carbocycles. The standard InChI is InChI=1S/C37H33Cl2NO6/c1-4-46-35(42)36(22-40)31(23-7-17-29(44-2)18-8-23)21-37(43,26-11-15-28(39)16-12-26)33(34(41)25-5-13-27(38)14-6-25)32(36)24-9-19-30(45-3)20-10-24/h5-20,31-33,43H,4,21H2,1-3H3/t31-,32+,33+,36+,37+/m1/s1. The number of ether oxygens (including phenoxy) is 3. The van der Waals surface area contributed by atoms with Gasteiger partial charge in [-0.2, -0.15) is 5.26 Å². The summed E-state index contributed by atoms with van der Waals surface area (Å²) in [6.07, 6.45) is -0.163. The molecule has 0 amide bonds. The molecule has 0 aliphatic heterocycles. The molecule has 236 valence electrons. The highest BCUT2D eigenvalue weighted by Gasteiger charge is 2.67. The molecule has 0 heterocycles. The second-order valence-electron chi connectivity index (χ2n) is 11.3. The number of benzene rings is 4. The van der Waals surface area contributed by atoms with Gasteiger partial charge in [0.05, 0.1) is 32.8 Å². The largest absolute Gasteiger partial charge is 0.497 e. The van der Waals surface area contributed by atoms with Gasteiger partial charge < -0.3 is 19.3 Å². The van der Waals surface area contributed by atoms with Crippen LogP contribution in [0.15, 0.2) is 97.1 Å². The number of carbonyl (C=O) groups is 2. The van der Waals surface area contributed by atoms with Gasteiger partial charge in [0, 0.05) is 27.4 Å². The second-order valence-corrected chi connectivity index (χ2v) is 12.1. The Morgan fingerprint density at radius 1 is 0.826 bits per heavy atom. The molecule has 1 fully saturated rings. The summed E-state index contributed by atoms with van der Waals surface area (Å²) in [5.41, 5.74) is -2.09. The third-order valence-corrected chi connectivity index (χ3v) is 9.45. The molecule has 4 aromatic rings. The van der Waals surface area contributed by atoms with Crippen LogP contribution in [0.3, 0.4) is 0 Å². The highest BCUT2D eigenvalue weighted by Crippen LogP contribution is 2.64. The normalized spacial score (nSPS) is 24.0. The van der Waals surface area contributed by atoms with Gasteiger partial charge in [-0.1, -0.05) is 59.6 Å². The number of rotatable bonds is 9. The van der Waals surface area contributed by atoms with Crippen LogP contribution in [0.2, 0.25) is 10.0 Å². The number of Topliss-reactive ketones (excluding diaryl/α,β-unsaturated/α-hetero) is 1. The lowest BCUT2D eigenvalue weighted by Gasteiger charge is -2.54. The Labute approximate surface area is 278 Å². The number of nitriles is 1. The Bertz CT molecular complexity index is 1740. The van der Waals surface area contributed by atoms with Crippen LogP contribution in [0.4, 0.5) is 0 Å². The van der Waals surface area contributed by atoms with E-state index in [1.165, 1.54) is 7.11 Å². The molecule has 0 bridgehead atoms. The molecule has 7 nitrogen and oxygen atoms in total. The first kappa shape index (κ1) is 33.0. The van der Waals surface area contributed by atoms with Crippen LogP contribution in [-0.4, -0.2) is 37.7 Å². The first-order chi connectivity index (χ1) is 22.1. The van der Waals surface area contributed by atoms with Crippen LogP contribution in [0.1, 0.15) is 52.2 Å². The average molecular weight is 659 g/mol. The SMILES string of the molecule is CCOC(=O)[C@@]1(C#N)[C@@H](c2ccc(OC)cc2)C[C@](O)(c2ccc(Cl)cc2)[C@H](C(=O)c2ccc(Cl)cc2)[C@@H]1c1ccc(OC)cc1. The fraction of sp³-hybridized carbons (Fsp3) is 0.270. The van der Waals surface area contributed by atoms with Crippen LogP contribution >= 0.6 is 23.2 Å². The molecule has 46 heavy (non-hydrogen) atoms. The lowest BCUT2D eigenvalue weighted by molar-refractivity contribution is -0.164. The molecule has 0 aromatic heterocycles. The quantitative estimate of drug-likeness (QED) is 0.145. The van der Waals surface area contributed by atoms with Gasteiger partial charge in [0.2, 0.25) is 0 Å². The summed E-state index contributed by atoms with van der Waals surface area (Å²) >= 11 is 12.4. The summed E-state index contributed by atoms with van der Waals surface area (Å²) in [5.74, 6) is -3.58. The molecule has 1 N–H and O–H groups in total. The van der Waals surface area contributed by atoms with Gasteiger partial charge in [-0.05, 0) is 90.7 Å². The van der Waals surface area contributed by atoms with Gasteiger partial charge in [0.1, 0.15) is 17.1 Å². The molecule has 1 aliphatic carbocycles. The molecule has 1 aliphatic rings. The number of aliphatic hydroxyl groups is 1. The molecular formula is C37H33Cl2NO6. The van der Waals surface area contributed by atoms with E-state index in [2.05, 4.69) is 6.07 Å². The van der Waals surface area contributed by atoms with Crippen LogP contribution < -0.4 is 9.47 Å². The van der Waals surface area contributed by atoms with Gasteiger partial charge in [0.25, 0.3) is 0 Å². The van der Waals surface area contributed by atoms with Crippen LogP contribution in [-0.2, 0) is 15.1 Å². The topological polar surface area (TPSA) is 106 Å². The lowest BCUT2D eigenvalue weighted by atomic mass is 9.47. The molecule has 0 radical (unpaired) electrons. The number of carbonyl (C=O) groups excluding carboxylic acids is 2. The number of hydrogen-bond acceptors (Lipinski definition) is 7. The maximum atomic E-state index is 14.9. The van der Waals surface area contributed by atoms with E-state index in [9.17, 15) is 20.0 Å². The van der Waals surface area contributed by atoms with E-state index in [1.807, 2.05) is 0 Å². The predicted molar refractivity (Wildman–Crippen MR) is 175 cm³/mol. The van der Waals surface area contributed by atoms with Gasteiger partial charge in [-0.25, -0.2) is 0 Å². The predicted octanol–water partition coefficient (Wildman–Crippen LogP) is 7.74. The zero-order valence-corrected chi connectivity index (χ0v) is 27.1. The third-order valence-electron chi connectivity index (χ3n) is 8.95. The fourth-order valence-electron chi connectivity index (χ4n) is 6.75. The highest BCUT2D eigenvalue weighted by molar-refractivity contribution is 6.31. The van der Waals surface area contributed by atoms with E-state index in [0.717, 1.165) is 0 Å². The van der Waals surface area contributed by atoms with Crippen molar-refractivity contribution in [3.63, 3.8) is 0 Å². The van der Waals surface area contributed by atoms with Crippen molar-refractivity contribution in [1.82, 2.24) is 0 Å². The van der Waals surface area contributed by atoms with Gasteiger partial charge in [-0.3, -0.25) is 9.59 Å². The maximum Gasteiger partial charge on any atom is 0.327 e. The Hall–Kier alpha value is -4.35. The van der Waals surface area contributed by atoms with Crippen LogP contribution in [0, 0.1) is 22.7 Å². The smallest absolute Gasteiger partial charge is 0.327 e. The maximum absolute atomic E-state index is 14.9. The number of nitrogens with zero attached hydrogens (tertiary/aromatic N) is 1. The van der Waals surface area contributed by atoms with Crippen molar-refractivity contribution in [2.75, 3.05) is 20.8 Å². The summed E-state index contributed by atoms with van der Waals surface area (Å²) in [6.45, 7) is 1.67. The van der Waals surface area contributed by atoms with E-state index < -0.39 is 40.5 Å². The van der Waals surface area contributed by atoms with Crippen molar-refractivity contribution in [2.45, 2.75) is 30.8 Å². The zero-order valence-electron chi connectivity index (χ0n) is 25.6. The molecule has 0 unspecified atom stereocenters. The van der Waals surface area contributed by atoms with Gasteiger partial charge in [-0.15, -0.1) is 0 Å². The molecule has 4 aromatic carbocycles. The van der Waals surface area contributed by atoms with E-state index in [0.29, 0.717) is 38.2 Å². The number of methoxy groups -OCH3 is 2. The van der Waals surface area contributed by atoms with Crippen molar-refractivity contribution in [3.8, 4) is 17.6 Å². The van der Waals surface area contributed by atoms with Crippen molar-refractivity contribution < 1.29 is 28.9 Å². The van der Waals surface area contributed by atoms with Crippen molar-refractivity contribution in [2.24, 2.45) is 11.3 Å². The molecule has 9 heteroatoms. The van der Waals surface area contributed by atoms with Gasteiger partial charge >= 0.3 is 5.97 Å². The fourth-order valence-corrected chi connectivity index (χ4v) is 7.00. The summed E-state index contributed by atoms with van der Waals surface area (Å²) in [4.78, 5) is 29.2. The molecule has 5 atom stereocenters. The summed E-state index contributed by atoms with van der Waals surface area (Å²) in [7, 11) is 3.07. The Kier molecular flexibility index (Phi) is 9.74. The zero-order chi connectivity index (χ0) is 33.1. The van der Waals surface area contributed by atoms with Crippen molar-refractivity contribution in [3.05, 3.63) is 129 Å². The molecular weight excluding hydrogens is 625 g/mol. The number of hydrogen-bond donors (Lipinski definition) is 1. The van der Waals surface area contributed by atoms with E-state index in [4.69, 9.17) is 37.4 Å².